The molecule has 2 aliphatic rings. The predicted molar refractivity (Wildman–Crippen MR) is 126 cm³/mol. The molecule has 2 aliphatic heterocycles. The Balaban J connectivity index is 1.55. The molecule has 2 fully saturated rings. The van der Waals surface area contributed by atoms with E-state index in [1.807, 2.05) is 18.2 Å². The van der Waals surface area contributed by atoms with Crippen LogP contribution in [0, 0.1) is 0 Å². The van der Waals surface area contributed by atoms with Crippen LogP contribution in [0.5, 0.6) is 0 Å². The van der Waals surface area contributed by atoms with Gasteiger partial charge in [0.1, 0.15) is 5.52 Å². The van der Waals surface area contributed by atoms with Gasteiger partial charge >= 0.3 is 0 Å². The van der Waals surface area contributed by atoms with E-state index < -0.39 is 10.0 Å². The van der Waals surface area contributed by atoms with Gasteiger partial charge in [0.05, 0.1) is 22.2 Å². The average molecular weight is 456 g/mol. The summed E-state index contributed by atoms with van der Waals surface area (Å²) in [5.41, 5.74) is 3.07. The van der Waals surface area contributed by atoms with E-state index >= 15 is 0 Å². The lowest BCUT2D eigenvalue weighted by Gasteiger charge is -2.32. The quantitative estimate of drug-likeness (QED) is 0.632. The Labute approximate surface area is 188 Å². The second-order valence-corrected chi connectivity index (χ2v) is 10.4. The summed E-state index contributed by atoms with van der Waals surface area (Å²) < 4.78 is 34.4. The highest BCUT2D eigenvalue weighted by Crippen LogP contribution is 2.32. The lowest BCUT2D eigenvalue weighted by Crippen LogP contribution is -2.49. The van der Waals surface area contributed by atoms with E-state index in [-0.39, 0.29) is 11.0 Å². The van der Waals surface area contributed by atoms with Gasteiger partial charge in [-0.05, 0) is 43.7 Å². The molecule has 0 radical (unpaired) electrons. The Hall–Kier alpha value is -2.62. The normalized spacial score (nSPS) is 22.1. The molecule has 2 saturated heterocycles. The lowest BCUT2D eigenvalue weighted by molar-refractivity contribution is 0.121. The molecule has 170 valence electrons. The second kappa shape index (κ2) is 8.38. The van der Waals surface area contributed by atoms with E-state index in [9.17, 15) is 8.42 Å². The minimum atomic E-state index is -3.79. The first-order chi connectivity index (χ1) is 15.5. The minimum Gasteiger partial charge on any atom is -0.380 e. The topological polar surface area (TPSA) is 79.7 Å². The number of rotatable bonds is 5. The third-order valence-corrected chi connectivity index (χ3v) is 8.10. The molecule has 0 saturated carbocycles. The van der Waals surface area contributed by atoms with Crippen LogP contribution in [0.3, 0.4) is 0 Å². The summed E-state index contributed by atoms with van der Waals surface area (Å²) in [6.07, 6.45) is 4.57. The fourth-order valence-corrected chi connectivity index (χ4v) is 6.10. The van der Waals surface area contributed by atoms with Crippen molar-refractivity contribution in [3.05, 3.63) is 48.8 Å². The van der Waals surface area contributed by atoms with Crippen LogP contribution in [0.25, 0.3) is 11.0 Å². The Morgan fingerprint density at radius 3 is 2.78 bits per heavy atom. The van der Waals surface area contributed by atoms with E-state index in [1.165, 1.54) is 3.97 Å². The molecule has 0 amide bonds. The van der Waals surface area contributed by atoms with Crippen LogP contribution in [0.15, 0.2) is 53.7 Å². The van der Waals surface area contributed by atoms with Crippen molar-refractivity contribution in [3.63, 3.8) is 0 Å². The molecule has 8 nitrogen and oxygen atoms in total. The van der Waals surface area contributed by atoms with Crippen LogP contribution in [0.2, 0.25) is 0 Å². The van der Waals surface area contributed by atoms with Crippen molar-refractivity contribution in [1.29, 1.82) is 0 Å². The van der Waals surface area contributed by atoms with E-state index in [0.717, 1.165) is 50.5 Å². The highest BCUT2D eigenvalue weighted by Gasteiger charge is 2.27. The molecule has 9 heteroatoms. The number of benzene rings is 1. The third-order valence-electron chi connectivity index (χ3n) is 6.43. The van der Waals surface area contributed by atoms with E-state index in [2.05, 4.69) is 27.0 Å². The summed E-state index contributed by atoms with van der Waals surface area (Å²) in [5, 5.41) is 3.43. The molecule has 5 rings (SSSR count). The largest absolute Gasteiger partial charge is 0.380 e. The number of hydrogen-bond donors (Lipinski definition) is 1. The zero-order valence-corrected chi connectivity index (χ0v) is 19.3. The average Bonchev–Trinajstić information content (AvgIpc) is 3.45. The molecule has 4 heterocycles. The SMILES string of the molecule is CO[C@@H]1CCN(c2cccc(S(=O)(=O)n3cc(N4CCN[C@H](C)C4)c4ncccc43)c2)C1. The Kier molecular flexibility index (Phi) is 5.56. The molecule has 1 N–H and O–H groups in total. The van der Waals surface area contributed by atoms with Gasteiger partial charge in [0.15, 0.2) is 0 Å². The summed E-state index contributed by atoms with van der Waals surface area (Å²) in [4.78, 5) is 9.21. The maximum atomic E-state index is 13.8. The summed E-state index contributed by atoms with van der Waals surface area (Å²) in [5.74, 6) is 0. The molecule has 0 spiro atoms. The van der Waals surface area contributed by atoms with Crippen LogP contribution >= 0.6 is 0 Å². The highest BCUT2D eigenvalue weighted by atomic mass is 32.2. The van der Waals surface area contributed by atoms with Gasteiger partial charge in [-0.25, -0.2) is 12.4 Å². The summed E-state index contributed by atoms with van der Waals surface area (Å²) in [7, 11) is -2.07. The molecule has 0 bridgehead atoms. The van der Waals surface area contributed by atoms with Gasteiger partial charge in [0.2, 0.25) is 0 Å². The number of pyridine rings is 1. The molecule has 0 unspecified atom stereocenters. The van der Waals surface area contributed by atoms with Crippen molar-refractivity contribution >= 4 is 32.4 Å². The molecule has 3 aromatic rings. The van der Waals surface area contributed by atoms with Crippen LogP contribution in [-0.2, 0) is 14.8 Å². The number of fused-ring (bicyclic) bond motifs is 1. The van der Waals surface area contributed by atoms with Crippen molar-refractivity contribution in [2.45, 2.75) is 30.4 Å². The third kappa shape index (κ3) is 3.74. The number of nitrogens with zero attached hydrogens (tertiary/aromatic N) is 4. The van der Waals surface area contributed by atoms with E-state index in [0.29, 0.717) is 17.1 Å². The molecule has 1 aromatic carbocycles. The summed E-state index contributed by atoms with van der Waals surface area (Å²) >= 11 is 0. The first-order valence-electron chi connectivity index (χ1n) is 11.0. The fourth-order valence-electron chi connectivity index (χ4n) is 4.70. The van der Waals surface area contributed by atoms with Crippen LogP contribution < -0.4 is 15.1 Å². The van der Waals surface area contributed by atoms with Crippen LogP contribution in [0.1, 0.15) is 13.3 Å². The van der Waals surface area contributed by atoms with Gasteiger partial charge in [0.25, 0.3) is 10.0 Å². The van der Waals surface area contributed by atoms with E-state index in [1.54, 1.807) is 37.7 Å². The Morgan fingerprint density at radius 1 is 1.12 bits per heavy atom. The molecule has 0 aliphatic carbocycles. The summed E-state index contributed by atoms with van der Waals surface area (Å²) in [6, 6.07) is 11.1. The summed E-state index contributed by atoms with van der Waals surface area (Å²) in [6.45, 7) is 6.22. The van der Waals surface area contributed by atoms with Gasteiger partial charge in [-0.3, -0.25) is 4.98 Å². The van der Waals surface area contributed by atoms with Crippen molar-refractivity contribution in [2.24, 2.45) is 0 Å². The number of aromatic nitrogens is 2. The fraction of sp³-hybridized carbons (Fsp3) is 0.435. The number of methoxy groups -OCH3 is 1. The molecular formula is C23H29N5O3S. The van der Waals surface area contributed by atoms with Gasteiger partial charge in [0, 0.05) is 64.0 Å². The first kappa shape index (κ1) is 21.2. The maximum Gasteiger partial charge on any atom is 0.268 e. The van der Waals surface area contributed by atoms with Crippen LogP contribution in [-0.4, -0.2) is 69.4 Å². The van der Waals surface area contributed by atoms with Gasteiger partial charge in [-0.2, -0.15) is 0 Å². The minimum absolute atomic E-state index is 0.179. The zero-order chi connectivity index (χ0) is 22.3. The first-order valence-corrected chi connectivity index (χ1v) is 12.5. The van der Waals surface area contributed by atoms with Gasteiger partial charge < -0.3 is 19.9 Å². The number of hydrogen-bond acceptors (Lipinski definition) is 7. The predicted octanol–water partition coefficient (Wildman–Crippen LogP) is 2.30. The standard InChI is InChI=1S/C23H29N5O3S/c1-17-14-27(12-10-24-17)22-16-28(21-7-4-9-25-23(21)22)32(29,30)20-6-3-5-18(13-20)26-11-8-19(15-26)31-2/h3-7,9,13,16-17,19,24H,8,10-12,14-15H2,1-2H3/t17-,19-/m1/s1. The number of nitrogens with one attached hydrogen (secondary N) is 1. The van der Waals surface area contributed by atoms with Crippen molar-refractivity contribution in [1.82, 2.24) is 14.3 Å². The molecule has 2 atom stereocenters. The smallest absolute Gasteiger partial charge is 0.268 e. The molecule has 32 heavy (non-hydrogen) atoms. The molecular weight excluding hydrogens is 426 g/mol. The number of piperazine rings is 1. The Bertz CT molecular complexity index is 1230. The van der Waals surface area contributed by atoms with Crippen LogP contribution in [0.4, 0.5) is 11.4 Å². The molecule has 2 aromatic heterocycles. The lowest BCUT2D eigenvalue weighted by atomic mass is 10.2. The Morgan fingerprint density at radius 2 is 2.00 bits per heavy atom. The monoisotopic (exact) mass is 455 g/mol. The number of ether oxygens (including phenoxy) is 1. The zero-order valence-electron chi connectivity index (χ0n) is 18.4. The van der Waals surface area contributed by atoms with Crippen molar-refractivity contribution in [3.8, 4) is 0 Å². The van der Waals surface area contributed by atoms with Crippen molar-refractivity contribution < 1.29 is 13.2 Å². The van der Waals surface area contributed by atoms with E-state index in [4.69, 9.17) is 4.74 Å². The van der Waals surface area contributed by atoms with Crippen molar-refractivity contribution in [2.75, 3.05) is 49.6 Å². The van der Waals surface area contributed by atoms with Gasteiger partial charge in [-0.15, -0.1) is 0 Å². The van der Waals surface area contributed by atoms with Gasteiger partial charge in [-0.1, -0.05) is 6.07 Å². The maximum absolute atomic E-state index is 13.8. The second-order valence-electron chi connectivity index (χ2n) is 8.58. The highest BCUT2D eigenvalue weighted by molar-refractivity contribution is 7.90. The number of anilines is 2.